The summed E-state index contributed by atoms with van der Waals surface area (Å²) in [6.07, 6.45) is 2.68. The van der Waals surface area contributed by atoms with Crippen LogP contribution in [0.2, 0.25) is 0 Å². The predicted molar refractivity (Wildman–Crippen MR) is 114 cm³/mol. The summed E-state index contributed by atoms with van der Waals surface area (Å²) in [6.45, 7) is 0.974. The summed E-state index contributed by atoms with van der Waals surface area (Å²) in [5, 5.41) is 14.0. The van der Waals surface area contributed by atoms with Crippen molar-refractivity contribution in [3.8, 4) is 0 Å². The highest BCUT2D eigenvalue weighted by Gasteiger charge is 2.26. The van der Waals surface area contributed by atoms with Crippen molar-refractivity contribution < 1.29 is 18.1 Å². The second-order valence-corrected chi connectivity index (χ2v) is 9.24. The average Bonchev–Trinajstić information content (AvgIpc) is 2.74. The Morgan fingerprint density at radius 3 is 2.43 bits per heavy atom. The zero-order valence-electron chi connectivity index (χ0n) is 16.9. The third kappa shape index (κ3) is 4.60. The number of anilines is 2. The summed E-state index contributed by atoms with van der Waals surface area (Å²) < 4.78 is 27.2. The molecule has 0 radical (unpaired) electrons. The lowest BCUT2D eigenvalue weighted by atomic mass is 10.1. The molecule has 1 fully saturated rings. The first-order valence-electron chi connectivity index (χ1n) is 9.57. The Balaban J connectivity index is 1.83. The van der Waals surface area contributed by atoms with Crippen LogP contribution in [-0.2, 0) is 10.0 Å². The maximum Gasteiger partial charge on any atom is 0.293 e. The Morgan fingerprint density at radius 2 is 1.80 bits per heavy atom. The van der Waals surface area contributed by atoms with Crippen LogP contribution in [0.15, 0.2) is 47.4 Å². The Morgan fingerprint density at radius 1 is 1.10 bits per heavy atom. The SMILES string of the molecule is CN(C)c1ccc(C(=O)Nc2cccc(S(=O)(=O)N3CCCCC3)c2)cc1[N+](=O)[O-]. The number of sulfonamides is 1. The molecule has 1 aliphatic heterocycles. The molecule has 2 aromatic rings. The van der Waals surface area contributed by atoms with Gasteiger partial charge in [-0.25, -0.2) is 8.42 Å². The minimum Gasteiger partial charge on any atom is -0.372 e. The van der Waals surface area contributed by atoms with Gasteiger partial charge in [-0.1, -0.05) is 12.5 Å². The van der Waals surface area contributed by atoms with Crippen molar-refractivity contribution in [3.63, 3.8) is 0 Å². The number of nitrogens with one attached hydrogen (secondary N) is 1. The predicted octanol–water partition coefficient (Wildman–Crippen LogP) is 3.09. The molecular formula is C20H24N4O5S. The molecule has 0 unspecified atom stereocenters. The number of hydrogen-bond donors (Lipinski definition) is 1. The molecule has 0 aliphatic carbocycles. The van der Waals surface area contributed by atoms with E-state index in [2.05, 4.69) is 5.32 Å². The van der Waals surface area contributed by atoms with Crippen molar-refractivity contribution in [2.24, 2.45) is 0 Å². The Hall–Kier alpha value is -2.98. The van der Waals surface area contributed by atoms with Crippen molar-refractivity contribution in [3.05, 3.63) is 58.1 Å². The number of rotatable bonds is 6. The van der Waals surface area contributed by atoms with E-state index < -0.39 is 20.9 Å². The van der Waals surface area contributed by atoms with E-state index >= 15 is 0 Å². The van der Waals surface area contributed by atoms with Gasteiger partial charge in [-0.2, -0.15) is 4.31 Å². The summed E-state index contributed by atoms with van der Waals surface area (Å²) in [4.78, 5) is 25.1. The molecule has 0 aromatic heterocycles. The van der Waals surface area contributed by atoms with E-state index in [1.807, 2.05) is 0 Å². The van der Waals surface area contributed by atoms with E-state index in [0.29, 0.717) is 24.5 Å². The summed E-state index contributed by atoms with van der Waals surface area (Å²) in [7, 11) is -0.277. The first kappa shape index (κ1) is 21.7. The molecular weight excluding hydrogens is 408 g/mol. The van der Waals surface area contributed by atoms with Crippen LogP contribution < -0.4 is 10.2 Å². The van der Waals surface area contributed by atoms with Crippen molar-refractivity contribution >= 4 is 33.0 Å². The average molecular weight is 433 g/mol. The third-order valence-corrected chi connectivity index (χ3v) is 6.86. The molecule has 1 amide bonds. The first-order chi connectivity index (χ1) is 14.2. The normalized spacial score (nSPS) is 14.9. The highest BCUT2D eigenvalue weighted by Crippen LogP contribution is 2.28. The molecule has 1 N–H and O–H groups in total. The lowest BCUT2D eigenvalue weighted by molar-refractivity contribution is -0.384. The maximum absolute atomic E-state index is 12.8. The monoisotopic (exact) mass is 432 g/mol. The van der Waals surface area contributed by atoms with Gasteiger partial charge in [0.25, 0.3) is 11.6 Å². The van der Waals surface area contributed by atoms with Crippen LogP contribution >= 0.6 is 0 Å². The van der Waals surface area contributed by atoms with E-state index in [0.717, 1.165) is 19.3 Å². The molecule has 1 aliphatic rings. The molecule has 0 spiro atoms. The van der Waals surface area contributed by atoms with Crippen LogP contribution in [0.4, 0.5) is 17.1 Å². The second kappa shape index (κ2) is 8.80. The number of carbonyl (C=O) groups excluding carboxylic acids is 1. The zero-order chi connectivity index (χ0) is 21.9. The van der Waals surface area contributed by atoms with Gasteiger partial charge in [0.2, 0.25) is 10.0 Å². The smallest absolute Gasteiger partial charge is 0.293 e. The number of carbonyl (C=O) groups is 1. The molecule has 9 nitrogen and oxygen atoms in total. The van der Waals surface area contributed by atoms with Gasteiger partial charge >= 0.3 is 0 Å². The van der Waals surface area contributed by atoms with E-state index in [1.165, 1.54) is 34.6 Å². The van der Waals surface area contributed by atoms with Crippen molar-refractivity contribution in [1.82, 2.24) is 4.31 Å². The van der Waals surface area contributed by atoms with Gasteiger partial charge in [0, 0.05) is 44.5 Å². The zero-order valence-corrected chi connectivity index (χ0v) is 17.7. The van der Waals surface area contributed by atoms with Gasteiger partial charge in [-0.3, -0.25) is 14.9 Å². The van der Waals surface area contributed by atoms with Crippen LogP contribution in [0.5, 0.6) is 0 Å². The maximum atomic E-state index is 12.8. The second-order valence-electron chi connectivity index (χ2n) is 7.30. The summed E-state index contributed by atoms with van der Waals surface area (Å²) in [5.74, 6) is -0.559. The van der Waals surface area contributed by atoms with Gasteiger partial charge in [0.1, 0.15) is 5.69 Å². The summed E-state index contributed by atoms with van der Waals surface area (Å²) in [5.41, 5.74) is 0.606. The minimum absolute atomic E-state index is 0.108. The molecule has 30 heavy (non-hydrogen) atoms. The van der Waals surface area contributed by atoms with Gasteiger partial charge in [-0.05, 0) is 43.2 Å². The number of nitro benzene ring substituents is 1. The Kier molecular flexibility index (Phi) is 6.37. The Labute approximate surface area is 175 Å². The van der Waals surface area contributed by atoms with E-state index in [4.69, 9.17) is 0 Å². The van der Waals surface area contributed by atoms with Crippen LogP contribution in [0.1, 0.15) is 29.6 Å². The van der Waals surface area contributed by atoms with E-state index in [9.17, 15) is 23.3 Å². The van der Waals surface area contributed by atoms with Gasteiger partial charge < -0.3 is 10.2 Å². The minimum atomic E-state index is -3.63. The fourth-order valence-electron chi connectivity index (χ4n) is 3.38. The number of nitro groups is 1. The fourth-order valence-corrected chi connectivity index (χ4v) is 4.94. The molecule has 1 saturated heterocycles. The summed E-state index contributed by atoms with van der Waals surface area (Å²) >= 11 is 0. The molecule has 1 heterocycles. The van der Waals surface area contributed by atoms with Crippen molar-refractivity contribution in [2.75, 3.05) is 37.4 Å². The van der Waals surface area contributed by atoms with Gasteiger partial charge in [0.05, 0.1) is 9.82 Å². The van der Waals surface area contributed by atoms with Crippen molar-refractivity contribution in [2.45, 2.75) is 24.2 Å². The largest absolute Gasteiger partial charge is 0.372 e. The molecule has 0 atom stereocenters. The standard InChI is InChI=1S/C20H24N4O5S/c1-22(2)18-10-9-15(13-19(18)24(26)27)20(25)21-16-7-6-8-17(14-16)30(28,29)23-11-4-3-5-12-23/h6-10,13-14H,3-5,11-12H2,1-2H3,(H,21,25). The molecule has 0 bridgehead atoms. The topological polar surface area (TPSA) is 113 Å². The molecule has 10 heteroatoms. The van der Waals surface area contributed by atoms with Crippen molar-refractivity contribution in [1.29, 1.82) is 0 Å². The third-order valence-electron chi connectivity index (χ3n) is 4.96. The lowest BCUT2D eigenvalue weighted by Gasteiger charge is -2.26. The number of amides is 1. The highest BCUT2D eigenvalue weighted by atomic mass is 32.2. The van der Waals surface area contributed by atoms with E-state index in [-0.39, 0.29) is 16.1 Å². The highest BCUT2D eigenvalue weighted by molar-refractivity contribution is 7.89. The number of benzene rings is 2. The molecule has 160 valence electrons. The van der Waals surface area contributed by atoms with Crippen LogP contribution in [0.3, 0.4) is 0 Å². The van der Waals surface area contributed by atoms with Crippen LogP contribution in [0.25, 0.3) is 0 Å². The van der Waals surface area contributed by atoms with Gasteiger partial charge in [-0.15, -0.1) is 0 Å². The number of hydrogen-bond acceptors (Lipinski definition) is 6. The first-order valence-corrected chi connectivity index (χ1v) is 11.0. The summed E-state index contributed by atoms with van der Waals surface area (Å²) in [6, 6.07) is 10.2. The Bertz CT molecular complexity index is 1060. The molecule has 2 aromatic carbocycles. The van der Waals surface area contributed by atoms with E-state index in [1.54, 1.807) is 31.1 Å². The molecule has 3 rings (SSSR count). The van der Waals surface area contributed by atoms with Crippen LogP contribution in [-0.4, -0.2) is 50.7 Å². The lowest BCUT2D eigenvalue weighted by Crippen LogP contribution is -2.35. The van der Waals surface area contributed by atoms with Crippen LogP contribution in [0, 0.1) is 10.1 Å². The number of piperidine rings is 1. The quantitative estimate of drug-likeness (QED) is 0.554. The molecule has 0 saturated carbocycles. The van der Waals surface area contributed by atoms with Gasteiger partial charge in [0.15, 0.2) is 0 Å². The fraction of sp³-hybridized carbons (Fsp3) is 0.350. The number of nitrogens with zero attached hydrogens (tertiary/aromatic N) is 3.